The maximum absolute atomic E-state index is 11.7. The summed E-state index contributed by atoms with van der Waals surface area (Å²) in [6.45, 7) is 0.742. The van der Waals surface area contributed by atoms with Crippen molar-refractivity contribution in [3.63, 3.8) is 0 Å². The van der Waals surface area contributed by atoms with Gasteiger partial charge in [-0.2, -0.15) is 0 Å². The van der Waals surface area contributed by atoms with Crippen molar-refractivity contribution >= 4 is 23.4 Å². The molecule has 0 aromatic heterocycles. The average molecular weight is 259 g/mol. The number of ether oxygens (including phenoxy) is 1. The SMILES string of the molecule is COc1cc(N2CCCC2=O)ccc1/C(C=N)=C/N. The van der Waals surface area contributed by atoms with Gasteiger partial charge in [0.25, 0.3) is 0 Å². The van der Waals surface area contributed by atoms with Crippen LogP contribution in [0, 0.1) is 5.41 Å². The highest BCUT2D eigenvalue weighted by Gasteiger charge is 2.22. The molecule has 1 aromatic rings. The second kappa shape index (κ2) is 5.56. The van der Waals surface area contributed by atoms with Gasteiger partial charge >= 0.3 is 0 Å². The summed E-state index contributed by atoms with van der Waals surface area (Å²) in [6.07, 6.45) is 4.03. The van der Waals surface area contributed by atoms with E-state index in [0.717, 1.165) is 24.2 Å². The Labute approximate surface area is 112 Å². The molecule has 1 aliphatic rings. The highest BCUT2D eigenvalue weighted by molar-refractivity contribution is 6.09. The molecular formula is C14H17N3O2. The van der Waals surface area contributed by atoms with Crippen LogP contribution in [0.5, 0.6) is 5.75 Å². The molecule has 1 amide bonds. The number of benzene rings is 1. The van der Waals surface area contributed by atoms with Crippen LogP contribution in [0.15, 0.2) is 24.4 Å². The number of allylic oxidation sites excluding steroid dienone is 1. The minimum absolute atomic E-state index is 0.136. The predicted octanol–water partition coefficient (Wildman–Crippen LogP) is 1.77. The monoisotopic (exact) mass is 259 g/mol. The van der Waals surface area contributed by atoms with Gasteiger partial charge in [-0.05, 0) is 18.6 Å². The largest absolute Gasteiger partial charge is 0.496 e. The van der Waals surface area contributed by atoms with Crippen molar-refractivity contribution in [2.45, 2.75) is 12.8 Å². The first-order valence-electron chi connectivity index (χ1n) is 6.12. The van der Waals surface area contributed by atoms with Crippen LogP contribution >= 0.6 is 0 Å². The zero-order chi connectivity index (χ0) is 13.8. The van der Waals surface area contributed by atoms with Gasteiger partial charge in [0.15, 0.2) is 0 Å². The lowest BCUT2D eigenvalue weighted by Gasteiger charge is -2.18. The number of nitrogens with zero attached hydrogens (tertiary/aromatic N) is 1. The molecule has 1 aromatic carbocycles. The van der Waals surface area contributed by atoms with E-state index in [-0.39, 0.29) is 5.91 Å². The first-order valence-corrected chi connectivity index (χ1v) is 6.12. The van der Waals surface area contributed by atoms with Crippen LogP contribution < -0.4 is 15.4 Å². The quantitative estimate of drug-likeness (QED) is 0.809. The molecule has 2 rings (SSSR count). The lowest BCUT2D eigenvalue weighted by molar-refractivity contribution is -0.117. The van der Waals surface area contributed by atoms with Crippen LogP contribution in [-0.4, -0.2) is 25.8 Å². The van der Waals surface area contributed by atoms with Crippen molar-refractivity contribution in [2.75, 3.05) is 18.6 Å². The minimum atomic E-state index is 0.136. The Morgan fingerprint density at radius 1 is 1.53 bits per heavy atom. The molecule has 1 aliphatic heterocycles. The number of carbonyl (C=O) groups is 1. The van der Waals surface area contributed by atoms with Crippen LogP contribution in [0.1, 0.15) is 18.4 Å². The van der Waals surface area contributed by atoms with E-state index in [1.807, 2.05) is 18.2 Å². The van der Waals surface area contributed by atoms with E-state index in [1.54, 1.807) is 12.0 Å². The molecule has 5 nitrogen and oxygen atoms in total. The molecule has 19 heavy (non-hydrogen) atoms. The van der Waals surface area contributed by atoms with Crippen molar-refractivity contribution in [2.24, 2.45) is 5.73 Å². The highest BCUT2D eigenvalue weighted by atomic mass is 16.5. The van der Waals surface area contributed by atoms with Crippen LogP contribution in [0.4, 0.5) is 5.69 Å². The second-order valence-electron chi connectivity index (χ2n) is 4.30. The maximum Gasteiger partial charge on any atom is 0.227 e. The summed E-state index contributed by atoms with van der Waals surface area (Å²) >= 11 is 0. The third-order valence-corrected chi connectivity index (χ3v) is 3.22. The average Bonchev–Trinajstić information content (AvgIpc) is 2.86. The fourth-order valence-corrected chi connectivity index (χ4v) is 2.22. The summed E-state index contributed by atoms with van der Waals surface area (Å²) in [5.41, 5.74) is 7.64. The Morgan fingerprint density at radius 2 is 2.32 bits per heavy atom. The predicted molar refractivity (Wildman–Crippen MR) is 75.5 cm³/mol. The van der Waals surface area contributed by atoms with Gasteiger partial charge in [0, 0.05) is 48.3 Å². The molecule has 3 N–H and O–H groups in total. The van der Waals surface area contributed by atoms with Gasteiger partial charge in [0.05, 0.1) is 7.11 Å². The number of anilines is 1. The molecule has 0 atom stereocenters. The third kappa shape index (κ3) is 2.45. The number of methoxy groups -OCH3 is 1. The zero-order valence-electron chi connectivity index (χ0n) is 10.8. The van der Waals surface area contributed by atoms with Gasteiger partial charge in [0.1, 0.15) is 5.75 Å². The van der Waals surface area contributed by atoms with Gasteiger partial charge < -0.3 is 20.8 Å². The van der Waals surface area contributed by atoms with Gasteiger partial charge in [0.2, 0.25) is 5.91 Å². The first kappa shape index (κ1) is 13.1. The summed E-state index contributed by atoms with van der Waals surface area (Å²) in [5, 5.41) is 7.33. The van der Waals surface area contributed by atoms with Gasteiger partial charge in [-0.15, -0.1) is 0 Å². The molecule has 1 saturated heterocycles. The molecule has 0 unspecified atom stereocenters. The molecule has 1 heterocycles. The van der Waals surface area contributed by atoms with Crippen LogP contribution in [0.3, 0.4) is 0 Å². The second-order valence-corrected chi connectivity index (χ2v) is 4.30. The van der Waals surface area contributed by atoms with E-state index >= 15 is 0 Å². The van der Waals surface area contributed by atoms with E-state index in [1.165, 1.54) is 12.4 Å². The lowest BCUT2D eigenvalue weighted by atomic mass is 10.1. The topological polar surface area (TPSA) is 79.4 Å². The van der Waals surface area contributed by atoms with E-state index in [2.05, 4.69) is 0 Å². The number of rotatable bonds is 4. The maximum atomic E-state index is 11.7. The fourth-order valence-electron chi connectivity index (χ4n) is 2.22. The molecule has 0 spiro atoms. The Morgan fingerprint density at radius 3 is 2.84 bits per heavy atom. The standard InChI is InChI=1S/C14H17N3O2/c1-19-13-7-11(17-6-2-3-14(17)18)4-5-12(13)10(8-15)9-16/h4-5,7-9,15H,2-3,6,16H2,1H3/b10-9+,15-8?. The van der Waals surface area contributed by atoms with Gasteiger partial charge in [-0.25, -0.2) is 0 Å². The Kier molecular flexibility index (Phi) is 3.85. The van der Waals surface area contributed by atoms with Crippen molar-refractivity contribution < 1.29 is 9.53 Å². The normalized spacial score (nSPS) is 15.7. The van der Waals surface area contributed by atoms with Gasteiger partial charge in [-0.3, -0.25) is 4.79 Å². The van der Waals surface area contributed by atoms with E-state index in [4.69, 9.17) is 15.9 Å². The fraction of sp³-hybridized carbons (Fsp3) is 0.286. The van der Waals surface area contributed by atoms with Crippen LogP contribution in [-0.2, 0) is 4.79 Å². The molecule has 0 saturated carbocycles. The van der Waals surface area contributed by atoms with Crippen molar-refractivity contribution in [1.82, 2.24) is 0 Å². The molecular weight excluding hydrogens is 242 g/mol. The molecule has 0 radical (unpaired) electrons. The number of nitrogens with one attached hydrogen (secondary N) is 1. The molecule has 0 aliphatic carbocycles. The number of hydrogen-bond donors (Lipinski definition) is 2. The Balaban J connectivity index is 2.41. The Hall–Kier alpha value is -2.30. The van der Waals surface area contributed by atoms with Crippen molar-refractivity contribution in [3.8, 4) is 5.75 Å². The molecule has 5 heteroatoms. The summed E-state index contributed by atoms with van der Waals surface area (Å²) in [7, 11) is 1.56. The number of carbonyl (C=O) groups excluding carboxylic acids is 1. The van der Waals surface area contributed by atoms with Crippen molar-refractivity contribution in [1.29, 1.82) is 5.41 Å². The Bertz CT molecular complexity index is 537. The smallest absolute Gasteiger partial charge is 0.227 e. The zero-order valence-corrected chi connectivity index (χ0v) is 10.8. The van der Waals surface area contributed by atoms with E-state index < -0.39 is 0 Å². The number of nitrogens with two attached hydrogens (primary N) is 1. The molecule has 100 valence electrons. The summed E-state index contributed by atoms with van der Waals surface area (Å²) in [6, 6.07) is 5.49. The van der Waals surface area contributed by atoms with Gasteiger partial charge in [-0.1, -0.05) is 0 Å². The number of amides is 1. The molecule has 1 fully saturated rings. The summed E-state index contributed by atoms with van der Waals surface area (Å²) in [4.78, 5) is 13.5. The van der Waals surface area contributed by atoms with Crippen LogP contribution in [0.25, 0.3) is 5.57 Å². The minimum Gasteiger partial charge on any atom is -0.496 e. The lowest BCUT2D eigenvalue weighted by Crippen LogP contribution is -2.23. The highest BCUT2D eigenvalue weighted by Crippen LogP contribution is 2.31. The van der Waals surface area contributed by atoms with E-state index in [9.17, 15) is 4.79 Å². The van der Waals surface area contributed by atoms with Crippen LogP contribution in [0.2, 0.25) is 0 Å². The third-order valence-electron chi connectivity index (χ3n) is 3.22. The summed E-state index contributed by atoms with van der Waals surface area (Å²) < 4.78 is 5.33. The first-order chi connectivity index (χ1) is 9.21. The molecule has 0 bridgehead atoms. The number of hydrogen-bond acceptors (Lipinski definition) is 4. The summed E-state index contributed by atoms with van der Waals surface area (Å²) in [5.74, 6) is 0.744. The van der Waals surface area contributed by atoms with E-state index in [0.29, 0.717) is 17.7 Å². The van der Waals surface area contributed by atoms with Crippen molar-refractivity contribution in [3.05, 3.63) is 30.0 Å².